The highest BCUT2D eigenvalue weighted by molar-refractivity contribution is 9.10. The minimum absolute atomic E-state index is 0.0612. The van der Waals surface area contributed by atoms with Gasteiger partial charge in [-0.05, 0) is 42.6 Å². The summed E-state index contributed by atoms with van der Waals surface area (Å²) >= 11 is 6.09. The number of carbonyl (C=O) groups is 2. The van der Waals surface area contributed by atoms with Crippen LogP contribution in [-0.2, 0) is 4.79 Å². The molecule has 0 saturated carbocycles. The van der Waals surface area contributed by atoms with Gasteiger partial charge in [0.1, 0.15) is 10.8 Å². The van der Waals surface area contributed by atoms with Crippen molar-refractivity contribution < 1.29 is 14.3 Å². The van der Waals surface area contributed by atoms with Crippen LogP contribution >= 0.6 is 39.0 Å². The fourth-order valence-corrected chi connectivity index (χ4v) is 6.09. The van der Waals surface area contributed by atoms with Crippen molar-refractivity contribution in [2.45, 2.75) is 12.8 Å². The standard InChI is InChI=1S/C27H22BrN3O3S2/c1-16-24(26(33)31-20-6-3-4-7-22(20)34-2)25(23-8-5-13-35-23)19(14-29)27(30-16)36-15-21(32)17-9-11-18(28)12-10-17/h3-13,24-25H,15H2,1-2H3,(H,31,33)/t24?,25-/m0/s1. The van der Waals surface area contributed by atoms with E-state index in [0.717, 1.165) is 9.35 Å². The Morgan fingerprint density at radius 2 is 1.92 bits per heavy atom. The third-order valence-electron chi connectivity index (χ3n) is 5.73. The van der Waals surface area contributed by atoms with Crippen LogP contribution in [0.3, 0.4) is 0 Å². The average molecular weight is 581 g/mol. The number of hydrogen-bond donors (Lipinski definition) is 1. The fraction of sp³-hybridized carbons (Fsp3) is 0.185. The second-order valence-electron chi connectivity index (χ2n) is 7.96. The van der Waals surface area contributed by atoms with Gasteiger partial charge in [-0.3, -0.25) is 9.59 Å². The maximum Gasteiger partial charge on any atom is 0.234 e. The number of ether oxygens (including phenoxy) is 1. The molecule has 182 valence electrons. The third-order valence-corrected chi connectivity index (χ3v) is 8.20. The molecular weight excluding hydrogens is 558 g/mol. The summed E-state index contributed by atoms with van der Waals surface area (Å²) in [5.41, 5.74) is 2.10. The lowest BCUT2D eigenvalue weighted by Crippen LogP contribution is -2.36. The van der Waals surface area contributed by atoms with Crippen LogP contribution in [0.2, 0.25) is 0 Å². The number of nitrogens with one attached hydrogen (secondary N) is 1. The van der Waals surface area contributed by atoms with E-state index < -0.39 is 11.8 Å². The van der Waals surface area contributed by atoms with Gasteiger partial charge in [-0.2, -0.15) is 5.26 Å². The van der Waals surface area contributed by atoms with Crippen molar-refractivity contribution in [2.75, 3.05) is 18.2 Å². The molecule has 1 aromatic heterocycles. The predicted molar refractivity (Wildman–Crippen MR) is 149 cm³/mol. The molecule has 0 spiro atoms. The molecule has 3 aromatic rings. The molecule has 0 saturated heterocycles. The van der Waals surface area contributed by atoms with Crippen molar-refractivity contribution in [3.8, 4) is 11.8 Å². The van der Waals surface area contributed by atoms with Gasteiger partial charge in [0.15, 0.2) is 5.78 Å². The zero-order valence-electron chi connectivity index (χ0n) is 19.5. The zero-order chi connectivity index (χ0) is 25.7. The quantitative estimate of drug-likeness (QED) is 0.300. The number of allylic oxidation sites excluding steroid dienone is 1. The largest absolute Gasteiger partial charge is 0.495 e. The van der Waals surface area contributed by atoms with Crippen molar-refractivity contribution in [2.24, 2.45) is 10.9 Å². The minimum Gasteiger partial charge on any atom is -0.495 e. The van der Waals surface area contributed by atoms with Crippen molar-refractivity contribution in [3.05, 3.63) is 91.6 Å². The van der Waals surface area contributed by atoms with Crippen LogP contribution in [0.5, 0.6) is 5.75 Å². The molecule has 0 radical (unpaired) electrons. The van der Waals surface area contributed by atoms with E-state index in [4.69, 9.17) is 4.74 Å². The Morgan fingerprint density at radius 3 is 2.58 bits per heavy atom. The molecule has 2 atom stereocenters. The van der Waals surface area contributed by atoms with Crippen molar-refractivity contribution in [1.29, 1.82) is 5.26 Å². The Kier molecular flexibility index (Phi) is 8.41. The lowest BCUT2D eigenvalue weighted by atomic mass is 9.80. The van der Waals surface area contributed by atoms with Crippen molar-refractivity contribution >= 4 is 62.1 Å². The number of thioether (sulfide) groups is 1. The number of aliphatic imine (C=N–C) groups is 1. The van der Waals surface area contributed by atoms with Gasteiger partial charge in [-0.1, -0.05) is 58.0 Å². The molecule has 6 nitrogen and oxygen atoms in total. The van der Waals surface area contributed by atoms with Crippen LogP contribution < -0.4 is 10.1 Å². The first-order valence-corrected chi connectivity index (χ1v) is 13.7. The monoisotopic (exact) mass is 579 g/mol. The van der Waals surface area contributed by atoms with Gasteiger partial charge in [0.2, 0.25) is 5.91 Å². The summed E-state index contributed by atoms with van der Waals surface area (Å²) < 4.78 is 6.27. The first-order chi connectivity index (χ1) is 17.4. The second kappa shape index (κ2) is 11.7. The van der Waals surface area contributed by atoms with Crippen LogP contribution in [0.1, 0.15) is 28.1 Å². The first kappa shape index (κ1) is 25.9. The highest BCUT2D eigenvalue weighted by atomic mass is 79.9. The van der Waals surface area contributed by atoms with E-state index in [1.165, 1.54) is 23.1 Å². The topological polar surface area (TPSA) is 91.5 Å². The number of amides is 1. The van der Waals surface area contributed by atoms with Crippen LogP contribution in [-0.4, -0.2) is 30.3 Å². The molecular formula is C27H22BrN3O3S2. The number of rotatable bonds is 8. The van der Waals surface area contributed by atoms with Gasteiger partial charge in [-0.25, -0.2) is 4.99 Å². The SMILES string of the molecule is COc1ccccc1NC(=O)C1C(C)=NC(SCC(=O)c2ccc(Br)cc2)=C(C#N)[C@H]1c1cccs1. The van der Waals surface area contributed by atoms with E-state index in [1.54, 1.807) is 38.3 Å². The number of ketones is 1. The Morgan fingerprint density at radius 1 is 1.17 bits per heavy atom. The third kappa shape index (κ3) is 5.62. The molecule has 1 amide bonds. The Hall–Kier alpha value is -3.19. The van der Waals surface area contributed by atoms with Crippen LogP contribution in [0.4, 0.5) is 5.69 Å². The molecule has 1 aliphatic heterocycles. The molecule has 0 aliphatic carbocycles. The minimum atomic E-state index is -0.685. The number of carbonyl (C=O) groups excluding carboxylic acids is 2. The lowest BCUT2D eigenvalue weighted by molar-refractivity contribution is -0.118. The number of nitrogens with zero attached hydrogens (tertiary/aromatic N) is 2. The number of para-hydroxylation sites is 2. The molecule has 0 fully saturated rings. The average Bonchev–Trinajstić information content (AvgIpc) is 3.42. The number of nitriles is 1. The van der Waals surface area contributed by atoms with E-state index in [0.29, 0.717) is 33.3 Å². The van der Waals surface area contributed by atoms with Gasteiger partial charge in [0, 0.05) is 26.5 Å². The highest BCUT2D eigenvalue weighted by Gasteiger charge is 2.40. The number of methoxy groups -OCH3 is 1. The number of hydrogen-bond acceptors (Lipinski definition) is 7. The maximum atomic E-state index is 13.6. The number of Topliss-reactive ketones (excluding diaryl/α,β-unsaturated/α-hetero) is 1. The van der Waals surface area contributed by atoms with Crippen LogP contribution in [0.15, 0.2) is 86.1 Å². The second-order valence-corrected chi connectivity index (χ2v) is 10.8. The maximum absolute atomic E-state index is 13.6. The molecule has 0 bridgehead atoms. The van der Waals surface area contributed by atoms with Gasteiger partial charge < -0.3 is 10.1 Å². The predicted octanol–water partition coefficient (Wildman–Crippen LogP) is 6.68. The fourth-order valence-electron chi connectivity index (χ4n) is 3.99. The Balaban J connectivity index is 1.64. The van der Waals surface area contributed by atoms with Gasteiger partial charge in [-0.15, -0.1) is 11.3 Å². The number of anilines is 1. The van der Waals surface area contributed by atoms with E-state index in [2.05, 4.69) is 32.3 Å². The molecule has 1 N–H and O–H groups in total. The number of halogens is 1. The van der Waals surface area contributed by atoms with Gasteiger partial charge in [0.05, 0.1) is 36.1 Å². The molecule has 4 rings (SSSR count). The van der Waals surface area contributed by atoms with Crippen LogP contribution in [0, 0.1) is 17.2 Å². The molecule has 36 heavy (non-hydrogen) atoms. The summed E-state index contributed by atoms with van der Waals surface area (Å²) in [7, 11) is 1.54. The normalized spacial score (nSPS) is 17.2. The summed E-state index contributed by atoms with van der Waals surface area (Å²) in [6.45, 7) is 1.79. The van der Waals surface area contributed by atoms with E-state index in [9.17, 15) is 14.9 Å². The zero-order valence-corrected chi connectivity index (χ0v) is 22.7. The number of thiophene rings is 1. The van der Waals surface area contributed by atoms with Gasteiger partial charge in [0.25, 0.3) is 0 Å². The molecule has 9 heteroatoms. The lowest BCUT2D eigenvalue weighted by Gasteiger charge is -2.30. The van der Waals surface area contributed by atoms with E-state index in [-0.39, 0.29) is 17.4 Å². The molecule has 2 aromatic carbocycles. The molecule has 2 heterocycles. The van der Waals surface area contributed by atoms with Crippen molar-refractivity contribution in [3.63, 3.8) is 0 Å². The molecule has 1 aliphatic rings. The summed E-state index contributed by atoms with van der Waals surface area (Å²) in [4.78, 5) is 31.9. The Labute approximate surface area is 226 Å². The number of benzene rings is 2. The van der Waals surface area contributed by atoms with Crippen molar-refractivity contribution in [1.82, 2.24) is 0 Å². The highest BCUT2D eigenvalue weighted by Crippen LogP contribution is 2.44. The molecule has 1 unspecified atom stereocenters. The van der Waals surface area contributed by atoms with Gasteiger partial charge >= 0.3 is 0 Å². The van der Waals surface area contributed by atoms with E-state index in [1.807, 2.05) is 41.8 Å². The first-order valence-electron chi connectivity index (χ1n) is 11.0. The summed E-state index contributed by atoms with van der Waals surface area (Å²) in [6, 6.07) is 20.4. The Bertz CT molecular complexity index is 1380. The summed E-state index contributed by atoms with van der Waals surface area (Å²) in [5, 5.41) is 15.5. The summed E-state index contributed by atoms with van der Waals surface area (Å²) in [5.74, 6) is -0.852. The summed E-state index contributed by atoms with van der Waals surface area (Å²) in [6.07, 6.45) is 0. The van der Waals surface area contributed by atoms with E-state index >= 15 is 0 Å². The van der Waals surface area contributed by atoms with Crippen LogP contribution in [0.25, 0.3) is 0 Å². The smallest absolute Gasteiger partial charge is 0.234 e.